The van der Waals surface area contributed by atoms with Gasteiger partial charge in [-0.3, -0.25) is 4.79 Å². The molecule has 1 aromatic carbocycles. The van der Waals surface area contributed by atoms with E-state index >= 15 is 0 Å². The number of benzene rings is 1. The summed E-state index contributed by atoms with van der Waals surface area (Å²) in [5.41, 5.74) is 6.40. The summed E-state index contributed by atoms with van der Waals surface area (Å²) in [5, 5.41) is 0.966. The number of furan rings is 1. The van der Waals surface area contributed by atoms with Gasteiger partial charge < -0.3 is 10.2 Å². The Balaban J connectivity index is 2.58. The van der Waals surface area contributed by atoms with E-state index in [4.69, 9.17) is 10.2 Å². The number of hydrogen-bond acceptors (Lipinski definition) is 2. The van der Waals surface area contributed by atoms with Gasteiger partial charge in [-0.15, -0.1) is 0 Å². The van der Waals surface area contributed by atoms with Crippen molar-refractivity contribution >= 4 is 22.4 Å². The van der Waals surface area contributed by atoms with Gasteiger partial charge in [0.1, 0.15) is 11.3 Å². The van der Waals surface area contributed by atoms with Crippen molar-refractivity contribution in [1.29, 1.82) is 0 Å². The van der Waals surface area contributed by atoms with Crippen LogP contribution in [-0.4, -0.2) is 5.91 Å². The molecule has 0 bridgehead atoms. The Bertz CT molecular complexity index is 504. The molecule has 2 rings (SSSR count). The Morgan fingerprint density at radius 3 is 2.73 bits per heavy atom. The summed E-state index contributed by atoms with van der Waals surface area (Å²) < 4.78 is 5.51. The number of hydrogen-bond donors (Lipinski definition) is 1. The summed E-state index contributed by atoms with van der Waals surface area (Å²) in [6, 6.07) is 9.40. The molecular formula is C12H11NO2. The third-order valence-corrected chi connectivity index (χ3v) is 2.25. The fourth-order valence-electron chi connectivity index (χ4n) is 1.52. The Labute approximate surface area is 87.2 Å². The molecule has 2 aromatic rings. The molecule has 0 aliphatic heterocycles. The van der Waals surface area contributed by atoms with Crippen LogP contribution in [-0.2, 0) is 4.79 Å². The van der Waals surface area contributed by atoms with Crippen molar-refractivity contribution in [2.24, 2.45) is 5.73 Å². The zero-order chi connectivity index (χ0) is 10.8. The SMILES string of the molecule is C/C=C(\C(N)=O)c1cc2ccccc2o1. The van der Waals surface area contributed by atoms with Gasteiger partial charge >= 0.3 is 0 Å². The van der Waals surface area contributed by atoms with E-state index in [2.05, 4.69) is 0 Å². The second-order valence-corrected chi connectivity index (χ2v) is 3.22. The molecule has 1 heterocycles. The number of carbonyl (C=O) groups excluding carboxylic acids is 1. The lowest BCUT2D eigenvalue weighted by atomic mass is 10.1. The molecule has 0 saturated heterocycles. The smallest absolute Gasteiger partial charge is 0.252 e. The van der Waals surface area contributed by atoms with Gasteiger partial charge in [-0.05, 0) is 19.1 Å². The summed E-state index contributed by atoms with van der Waals surface area (Å²) in [4.78, 5) is 11.1. The van der Waals surface area contributed by atoms with Crippen LogP contribution < -0.4 is 5.73 Å². The monoisotopic (exact) mass is 201 g/mol. The van der Waals surface area contributed by atoms with Gasteiger partial charge in [0.05, 0.1) is 5.57 Å². The van der Waals surface area contributed by atoms with E-state index in [9.17, 15) is 4.79 Å². The molecule has 1 aromatic heterocycles. The zero-order valence-electron chi connectivity index (χ0n) is 8.36. The zero-order valence-corrected chi connectivity index (χ0v) is 8.36. The van der Waals surface area contributed by atoms with Gasteiger partial charge in [0.15, 0.2) is 0 Å². The van der Waals surface area contributed by atoms with Gasteiger partial charge in [0.25, 0.3) is 5.91 Å². The predicted molar refractivity (Wildman–Crippen MR) is 59.1 cm³/mol. The van der Waals surface area contributed by atoms with E-state index < -0.39 is 5.91 Å². The molecule has 2 N–H and O–H groups in total. The Morgan fingerprint density at radius 1 is 1.40 bits per heavy atom. The molecule has 0 aliphatic carbocycles. The van der Waals surface area contributed by atoms with Gasteiger partial charge in [0, 0.05) is 5.39 Å². The number of nitrogens with two attached hydrogens (primary N) is 1. The van der Waals surface area contributed by atoms with Crippen LogP contribution in [0.2, 0.25) is 0 Å². The van der Waals surface area contributed by atoms with E-state index in [1.807, 2.05) is 30.3 Å². The van der Waals surface area contributed by atoms with Crippen molar-refractivity contribution in [2.75, 3.05) is 0 Å². The van der Waals surface area contributed by atoms with Crippen LogP contribution in [0.5, 0.6) is 0 Å². The number of amides is 1. The van der Waals surface area contributed by atoms with E-state index in [0.717, 1.165) is 11.0 Å². The minimum absolute atomic E-state index is 0.409. The second-order valence-electron chi connectivity index (χ2n) is 3.22. The molecular weight excluding hydrogens is 190 g/mol. The maximum absolute atomic E-state index is 11.1. The van der Waals surface area contributed by atoms with Crippen LogP contribution >= 0.6 is 0 Å². The predicted octanol–water partition coefficient (Wildman–Crippen LogP) is 2.32. The van der Waals surface area contributed by atoms with Crippen molar-refractivity contribution in [1.82, 2.24) is 0 Å². The number of primary amides is 1. The van der Waals surface area contributed by atoms with Crippen molar-refractivity contribution in [3.05, 3.63) is 42.2 Å². The molecule has 0 fully saturated rings. The normalized spacial score (nSPS) is 11.9. The van der Waals surface area contributed by atoms with Crippen LogP contribution in [0, 0.1) is 0 Å². The first-order chi connectivity index (χ1) is 7.22. The summed E-state index contributed by atoms with van der Waals surface area (Å²) in [7, 11) is 0. The first-order valence-electron chi connectivity index (χ1n) is 4.67. The number of carbonyl (C=O) groups is 1. The van der Waals surface area contributed by atoms with Crippen LogP contribution in [0.25, 0.3) is 16.5 Å². The summed E-state index contributed by atoms with van der Waals surface area (Å²) in [6.45, 7) is 1.76. The fraction of sp³-hybridized carbons (Fsp3) is 0.0833. The van der Waals surface area contributed by atoms with Crippen LogP contribution in [0.15, 0.2) is 40.8 Å². The fourth-order valence-corrected chi connectivity index (χ4v) is 1.52. The number of para-hydroxylation sites is 1. The Hall–Kier alpha value is -2.03. The third kappa shape index (κ3) is 1.64. The summed E-state index contributed by atoms with van der Waals surface area (Å²) in [5.74, 6) is 0.0442. The van der Waals surface area contributed by atoms with E-state index in [1.165, 1.54) is 0 Å². The molecule has 0 spiro atoms. The molecule has 76 valence electrons. The first-order valence-corrected chi connectivity index (χ1v) is 4.67. The molecule has 1 amide bonds. The van der Waals surface area contributed by atoms with E-state index in [1.54, 1.807) is 13.0 Å². The average molecular weight is 201 g/mol. The Kier molecular flexibility index (Phi) is 2.29. The second kappa shape index (κ2) is 3.61. The quantitative estimate of drug-likeness (QED) is 0.758. The summed E-state index contributed by atoms with van der Waals surface area (Å²) >= 11 is 0. The third-order valence-electron chi connectivity index (χ3n) is 2.25. The standard InChI is InChI=1S/C12H11NO2/c1-2-9(12(13)14)11-7-8-5-3-4-6-10(8)15-11/h2-7H,1H3,(H2,13,14)/b9-2-. The highest BCUT2D eigenvalue weighted by Crippen LogP contribution is 2.24. The summed E-state index contributed by atoms with van der Waals surface area (Å²) in [6.07, 6.45) is 1.65. The maximum atomic E-state index is 11.1. The minimum atomic E-state index is -0.475. The first kappa shape index (κ1) is 9.52. The van der Waals surface area contributed by atoms with Gasteiger partial charge in [-0.2, -0.15) is 0 Å². The topological polar surface area (TPSA) is 56.2 Å². The lowest BCUT2D eigenvalue weighted by Gasteiger charge is -1.95. The van der Waals surface area contributed by atoms with Gasteiger partial charge in [0.2, 0.25) is 0 Å². The molecule has 15 heavy (non-hydrogen) atoms. The van der Waals surface area contributed by atoms with Crippen LogP contribution in [0.1, 0.15) is 12.7 Å². The molecule has 0 saturated carbocycles. The average Bonchev–Trinajstić information content (AvgIpc) is 2.61. The largest absolute Gasteiger partial charge is 0.456 e. The number of rotatable bonds is 2. The van der Waals surface area contributed by atoms with Gasteiger partial charge in [-0.25, -0.2) is 0 Å². The highest BCUT2D eigenvalue weighted by molar-refractivity contribution is 6.18. The van der Waals surface area contributed by atoms with Crippen LogP contribution in [0.4, 0.5) is 0 Å². The molecule has 0 radical (unpaired) electrons. The lowest BCUT2D eigenvalue weighted by Crippen LogP contribution is -2.12. The van der Waals surface area contributed by atoms with Crippen molar-refractivity contribution in [2.45, 2.75) is 6.92 Å². The lowest BCUT2D eigenvalue weighted by molar-refractivity contribution is -0.112. The minimum Gasteiger partial charge on any atom is -0.456 e. The Morgan fingerprint density at radius 2 is 2.13 bits per heavy atom. The van der Waals surface area contributed by atoms with Crippen molar-refractivity contribution in [3.8, 4) is 0 Å². The number of allylic oxidation sites excluding steroid dienone is 1. The van der Waals surface area contributed by atoms with Crippen molar-refractivity contribution < 1.29 is 9.21 Å². The molecule has 3 heteroatoms. The van der Waals surface area contributed by atoms with E-state index in [0.29, 0.717) is 11.3 Å². The highest BCUT2D eigenvalue weighted by atomic mass is 16.3. The molecule has 3 nitrogen and oxygen atoms in total. The van der Waals surface area contributed by atoms with E-state index in [-0.39, 0.29) is 0 Å². The molecule has 0 aliphatic rings. The molecule has 0 atom stereocenters. The molecule has 0 unspecified atom stereocenters. The van der Waals surface area contributed by atoms with Crippen LogP contribution in [0.3, 0.4) is 0 Å². The van der Waals surface area contributed by atoms with Crippen molar-refractivity contribution in [3.63, 3.8) is 0 Å². The number of fused-ring (bicyclic) bond motifs is 1. The highest BCUT2D eigenvalue weighted by Gasteiger charge is 2.11. The maximum Gasteiger partial charge on any atom is 0.252 e. The van der Waals surface area contributed by atoms with Gasteiger partial charge in [-0.1, -0.05) is 24.3 Å².